The van der Waals surface area contributed by atoms with Crippen LogP contribution in [0, 0.1) is 6.92 Å². The summed E-state index contributed by atoms with van der Waals surface area (Å²) in [6.45, 7) is 4.06. The lowest BCUT2D eigenvalue weighted by molar-refractivity contribution is 0.459. The summed E-state index contributed by atoms with van der Waals surface area (Å²) in [5.41, 5.74) is 1.20. The second-order valence-corrected chi connectivity index (χ2v) is 4.03. The number of aryl methyl sites for hydroxylation is 2. The minimum Gasteiger partial charge on any atom is -0.439 e. The van der Waals surface area contributed by atoms with Crippen LogP contribution in [0.1, 0.15) is 18.3 Å². The van der Waals surface area contributed by atoms with Gasteiger partial charge in [-0.05, 0) is 19.1 Å². The lowest BCUT2D eigenvalue weighted by Crippen LogP contribution is -2.01. The van der Waals surface area contributed by atoms with Gasteiger partial charge in [0, 0.05) is 19.5 Å². The average Bonchev–Trinajstić information content (AvgIpc) is 2.41. The predicted octanol–water partition coefficient (Wildman–Crippen LogP) is 3.18. The predicted molar refractivity (Wildman–Crippen MR) is 72.2 cm³/mol. The molecule has 1 N–H and O–H groups in total. The van der Waals surface area contributed by atoms with Gasteiger partial charge in [0.05, 0.1) is 0 Å². The molecule has 94 valence electrons. The first-order valence-corrected chi connectivity index (χ1v) is 6.01. The molecule has 2 rings (SSSR count). The van der Waals surface area contributed by atoms with E-state index in [4.69, 9.17) is 4.74 Å². The van der Waals surface area contributed by atoms with E-state index in [9.17, 15) is 0 Å². The third-order valence-electron chi connectivity index (χ3n) is 2.56. The van der Waals surface area contributed by atoms with Crippen LogP contribution < -0.4 is 10.1 Å². The lowest BCUT2D eigenvalue weighted by atomic mass is 10.2. The molecule has 0 saturated heterocycles. The van der Waals surface area contributed by atoms with Gasteiger partial charge >= 0.3 is 0 Å². The van der Waals surface area contributed by atoms with E-state index in [1.165, 1.54) is 5.56 Å². The van der Waals surface area contributed by atoms with Crippen LogP contribution >= 0.6 is 0 Å². The fourth-order valence-electron chi connectivity index (χ4n) is 1.54. The third kappa shape index (κ3) is 2.97. The monoisotopic (exact) mass is 243 g/mol. The first kappa shape index (κ1) is 12.4. The third-order valence-corrected chi connectivity index (χ3v) is 2.56. The van der Waals surface area contributed by atoms with Crippen molar-refractivity contribution in [1.82, 2.24) is 9.97 Å². The number of anilines is 1. The molecule has 0 aliphatic rings. The van der Waals surface area contributed by atoms with Gasteiger partial charge in [0.1, 0.15) is 17.4 Å². The Morgan fingerprint density at radius 3 is 2.50 bits per heavy atom. The van der Waals surface area contributed by atoms with E-state index < -0.39 is 0 Å². The van der Waals surface area contributed by atoms with Crippen LogP contribution in [0.25, 0.3) is 0 Å². The van der Waals surface area contributed by atoms with Crippen molar-refractivity contribution in [2.75, 3.05) is 12.4 Å². The van der Waals surface area contributed by atoms with Gasteiger partial charge in [0.15, 0.2) is 0 Å². The van der Waals surface area contributed by atoms with Crippen LogP contribution in [0.4, 0.5) is 5.82 Å². The summed E-state index contributed by atoms with van der Waals surface area (Å²) in [5, 5.41) is 3.01. The number of hydrogen-bond acceptors (Lipinski definition) is 4. The van der Waals surface area contributed by atoms with E-state index in [-0.39, 0.29) is 0 Å². The summed E-state index contributed by atoms with van der Waals surface area (Å²) < 4.78 is 5.73. The topological polar surface area (TPSA) is 47.0 Å². The zero-order valence-electron chi connectivity index (χ0n) is 10.9. The van der Waals surface area contributed by atoms with Crippen molar-refractivity contribution in [2.45, 2.75) is 20.3 Å². The summed E-state index contributed by atoms with van der Waals surface area (Å²) in [4.78, 5) is 8.67. The number of aromatic nitrogens is 2. The summed E-state index contributed by atoms with van der Waals surface area (Å²) in [5.74, 6) is 2.88. The highest BCUT2D eigenvalue weighted by Gasteiger charge is 2.04. The van der Waals surface area contributed by atoms with Crippen LogP contribution in [0.15, 0.2) is 30.3 Å². The second kappa shape index (κ2) is 5.49. The van der Waals surface area contributed by atoms with Crippen molar-refractivity contribution in [3.63, 3.8) is 0 Å². The molecule has 0 atom stereocenters. The zero-order chi connectivity index (χ0) is 13.0. The van der Waals surface area contributed by atoms with E-state index in [0.29, 0.717) is 5.88 Å². The van der Waals surface area contributed by atoms with E-state index in [1.807, 2.05) is 45.2 Å². The summed E-state index contributed by atoms with van der Waals surface area (Å²) >= 11 is 0. The van der Waals surface area contributed by atoms with Crippen LogP contribution in [-0.2, 0) is 6.42 Å². The van der Waals surface area contributed by atoms with E-state index in [1.54, 1.807) is 6.07 Å². The molecule has 0 spiro atoms. The van der Waals surface area contributed by atoms with Crippen molar-refractivity contribution in [3.8, 4) is 11.6 Å². The maximum absolute atomic E-state index is 5.73. The first-order valence-electron chi connectivity index (χ1n) is 6.01. The molecule has 1 aromatic heterocycles. The number of ether oxygens (including phenoxy) is 1. The molecule has 0 fully saturated rings. The van der Waals surface area contributed by atoms with Crippen molar-refractivity contribution in [1.29, 1.82) is 0 Å². The molecule has 0 radical (unpaired) electrons. The van der Waals surface area contributed by atoms with E-state index >= 15 is 0 Å². The Morgan fingerprint density at radius 2 is 1.89 bits per heavy atom. The Labute approximate surface area is 107 Å². The highest BCUT2D eigenvalue weighted by Crippen LogP contribution is 2.21. The van der Waals surface area contributed by atoms with Gasteiger partial charge in [0.2, 0.25) is 5.88 Å². The van der Waals surface area contributed by atoms with Gasteiger partial charge in [-0.2, -0.15) is 4.98 Å². The molecular formula is C14H17N3O. The van der Waals surface area contributed by atoms with Gasteiger partial charge in [-0.1, -0.05) is 24.6 Å². The molecule has 0 saturated carbocycles. The highest BCUT2D eigenvalue weighted by molar-refractivity contribution is 5.39. The van der Waals surface area contributed by atoms with Gasteiger partial charge in [0.25, 0.3) is 0 Å². The molecule has 2 aromatic rings. The maximum Gasteiger partial charge on any atom is 0.224 e. The quantitative estimate of drug-likeness (QED) is 0.895. The fraction of sp³-hybridized carbons (Fsp3) is 0.286. The molecule has 0 bridgehead atoms. The molecule has 0 aliphatic carbocycles. The molecular weight excluding hydrogens is 226 g/mol. The number of hydrogen-bond donors (Lipinski definition) is 1. The largest absolute Gasteiger partial charge is 0.439 e. The molecule has 4 nitrogen and oxygen atoms in total. The number of benzene rings is 1. The van der Waals surface area contributed by atoms with Gasteiger partial charge < -0.3 is 10.1 Å². The van der Waals surface area contributed by atoms with Gasteiger partial charge in [-0.15, -0.1) is 0 Å². The van der Waals surface area contributed by atoms with Crippen LogP contribution in [-0.4, -0.2) is 17.0 Å². The van der Waals surface area contributed by atoms with Crippen molar-refractivity contribution in [3.05, 3.63) is 41.7 Å². The molecule has 1 heterocycles. The Bertz CT molecular complexity index is 501. The minimum atomic E-state index is 0.565. The number of nitrogens with zero attached hydrogens (tertiary/aromatic N) is 2. The van der Waals surface area contributed by atoms with Gasteiger partial charge in [-0.3, -0.25) is 0 Å². The molecule has 4 heteroatoms. The average molecular weight is 243 g/mol. The summed E-state index contributed by atoms with van der Waals surface area (Å²) in [7, 11) is 1.83. The van der Waals surface area contributed by atoms with E-state index in [2.05, 4.69) is 15.3 Å². The van der Waals surface area contributed by atoms with E-state index in [0.717, 1.165) is 23.8 Å². The normalized spacial score (nSPS) is 10.2. The smallest absolute Gasteiger partial charge is 0.224 e. The summed E-state index contributed by atoms with van der Waals surface area (Å²) in [6.07, 6.45) is 0.778. The second-order valence-electron chi connectivity index (χ2n) is 4.03. The van der Waals surface area contributed by atoms with Crippen molar-refractivity contribution < 1.29 is 4.74 Å². The molecule has 1 aromatic carbocycles. The Morgan fingerprint density at radius 1 is 1.17 bits per heavy atom. The Kier molecular flexibility index (Phi) is 3.77. The standard InChI is InChI=1S/C14H17N3O/c1-4-12-16-13(15-3)9-14(17-12)18-11-7-5-10(2)6-8-11/h5-9H,4H2,1-3H3,(H,15,16,17). The molecule has 0 amide bonds. The first-order chi connectivity index (χ1) is 8.71. The highest BCUT2D eigenvalue weighted by atomic mass is 16.5. The minimum absolute atomic E-state index is 0.565. The molecule has 18 heavy (non-hydrogen) atoms. The van der Waals surface area contributed by atoms with Crippen LogP contribution in [0.2, 0.25) is 0 Å². The molecule has 0 aliphatic heterocycles. The number of rotatable bonds is 4. The van der Waals surface area contributed by atoms with Crippen molar-refractivity contribution >= 4 is 5.82 Å². The van der Waals surface area contributed by atoms with Crippen LogP contribution in [0.5, 0.6) is 11.6 Å². The van der Waals surface area contributed by atoms with Crippen molar-refractivity contribution in [2.24, 2.45) is 0 Å². The Balaban J connectivity index is 2.25. The van der Waals surface area contributed by atoms with Crippen LogP contribution in [0.3, 0.4) is 0 Å². The summed E-state index contributed by atoms with van der Waals surface area (Å²) in [6, 6.07) is 9.68. The fourth-order valence-corrected chi connectivity index (χ4v) is 1.54. The SMILES string of the molecule is CCc1nc(NC)cc(Oc2ccc(C)cc2)n1. The number of nitrogens with one attached hydrogen (secondary N) is 1. The lowest BCUT2D eigenvalue weighted by Gasteiger charge is -2.08. The van der Waals surface area contributed by atoms with Gasteiger partial charge in [-0.25, -0.2) is 4.98 Å². The molecule has 0 unspecified atom stereocenters. The Hall–Kier alpha value is -2.10. The maximum atomic E-state index is 5.73. The zero-order valence-corrected chi connectivity index (χ0v) is 10.9.